The van der Waals surface area contributed by atoms with Gasteiger partial charge in [0.05, 0.1) is 5.56 Å². The molecule has 92 valence electrons. The van der Waals surface area contributed by atoms with Crippen molar-refractivity contribution in [2.45, 2.75) is 25.9 Å². The maximum absolute atomic E-state index is 11.9. The maximum atomic E-state index is 11.9. The van der Waals surface area contributed by atoms with Crippen LogP contribution in [-0.2, 0) is 4.74 Å². The molecule has 1 aromatic rings. The van der Waals surface area contributed by atoms with E-state index in [4.69, 9.17) is 4.74 Å². The summed E-state index contributed by atoms with van der Waals surface area (Å²) in [6.07, 6.45) is 2.12. The molecule has 0 aromatic heterocycles. The van der Waals surface area contributed by atoms with Crippen LogP contribution < -0.4 is 0 Å². The first kappa shape index (κ1) is 12.1. The van der Waals surface area contributed by atoms with Crippen LogP contribution in [0.25, 0.3) is 0 Å². The molecule has 0 spiro atoms. The Morgan fingerprint density at radius 3 is 3.00 bits per heavy atom. The summed E-state index contributed by atoms with van der Waals surface area (Å²) in [5.74, 6) is -0.200. The van der Waals surface area contributed by atoms with Crippen LogP contribution in [0.3, 0.4) is 0 Å². The van der Waals surface area contributed by atoms with Gasteiger partial charge in [-0.1, -0.05) is 17.7 Å². The van der Waals surface area contributed by atoms with Crippen LogP contribution in [0.4, 0.5) is 0 Å². The molecule has 0 aliphatic carbocycles. The number of ether oxygens (including phenoxy) is 1. The van der Waals surface area contributed by atoms with Crippen LogP contribution in [0, 0.1) is 6.92 Å². The summed E-state index contributed by atoms with van der Waals surface area (Å²) in [5, 5.41) is 0. The molecule has 0 amide bonds. The fraction of sp³-hybridized carbons (Fsp3) is 0.500. The van der Waals surface area contributed by atoms with Crippen molar-refractivity contribution in [2.75, 3.05) is 20.1 Å². The number of piperidine rings is 1. The van der Waals surface area contributed by atoms with Crippen LogP contribution >= 0.6 is 0 Å². The predicted molar refractivity (Wildman–Crippen MR) is 67.1 cm³/mol. The molecule has 1 atom stereocenters. The molecular weight excluding hydrogens is 214 g/mol. The smallest absolute Gasteiger partial charge is 0.338 e. The molecule has 1 aliphatic heterocycles. The minimum absolute atomic E-state index is 0.0433. The number of likely N-dealkylation sites (N-methyl/N-ethyl adjacent to an activating group) is 1. The van der Waals surface area contributed by atoms with E-state index in [1.54, 1.807) is 0 Å². The van der Waals surface area contributed by atoms with Crippen molar-refractivity contribution in [3.8, 4) is 0 Å². The zero-order chi connectivity index (χ0) is 12.3. The number of aryl methyl sites for hydroxylation is 1. The molecule has 1 heterocycles. The normalized spacial score (nSPS) is 21.2. The van der Waals surface area contributed by atoms with Crippen molar-refractivity contribution >= 4 is 5.97 Å². The molecule has 1 aliphatic rings. The fourth-order valence-corrected chi connectivity index (χ4v) is 2.21. The van der Waals surface area contributed by atoms with Crippen LogP contribution in [0.15, 0.2) is 24.3 Å². The minimum atomic E-state index is -0.200. The Morgan fingerprint density at radius 2 is 2.29 bits per heavy atom. The van der Waals surface area contributed by atoms with E-state index < -0.39 is 0 Å². The van der Waals surface area contributed by atoms with E-state index >= 15 is 0 Å². The number of hydrogen-bond donors (Lipinski definition) is 0. The second-order valence-corrected chi connectivity index (χ2v) is 4.80. The summed E-state index contributed by atoms with van der Waals surface area (Å²) in [6.45, 7) is 3.92. The molecule has 3 heteroatoms. The molecule has 1 saturated heterocycles. The Hall–Kier alpha value is -1.35. The number of benzene rings is 1. The van der Waals surface area contributed by atoms with E-state index in [9.17, 15) is 4.79 Å². The molecule has 0 bridgehead atoms. The van der Waals surface area contributed by atoms with Gasteiger partial charge in [0.25, 0.3) is 0 Å². The van der Waals surface area contributed by atoms with Crippen LogP contribution in [0.2, 0.25) is 0 Å². The number of carbonyl (C=O) groups is 1. The lowest BCUT2D eigenvalue weighted by atomic mass is 10.1. The number of likely N-dealkylation sites (tertiary alicyclic amines) is 1. The monoisotopic (exact) mass is 233 g/mol. The van der Waals surface area contributed by atoms with Gasteiger partial charge in [0, 0.05) is 6.54 Å². The van der Waals surface area contributed by atoms with Crippen molar-refractivity contribution in [1.82, 2.24) is 4.90 Å². The summed E-state index contributed by atoms with van der Waals surface area (Å²) >= 11 is 0. The molecule has 3 nitrogen and oxygen atoms in total. The summed E-state index contributed by atoms with van der Waals surface area (Å²) < 4.78 is 5.52. The van der Waals surface area contributed by atoms with E-state index in [0.717, 1.165) is 31.5 Å². The Balaban J connectivity index is 1.97. The van der Waals surface area contributed by atoms with Gasteiger partial charge in [-0.25, -0.2) is 4.79 Å². The number of esters is 1. The standard InChI is InChI=1S/C14H19NO2/c1-11-5-3-6-12(9-11)14(16)17-13-7-4-8-15(2)10-13/h3,5-6,9,13H,4,7-8,10H2,1-2H3. The van der Waals surface area contributed by atoms with E-state index in [2.05, 4.69) is 11.9 Å². The fourth-order valence-electron chi connectivity index (χ4n) is 2.21. The van der Waals surface area contributed by atoms with Crippen molar-refractivity contribution in [3.63, 3.8) is 0 Å². The largest absolute Gasteiger partial charge is 0.457 e. The van der Waals surface area contributed by atoms with Gasteiger partial charge in [0.15, 0.2) is 0 Å². The van der Waals surface area contributed by atoms with Crippen molar-refractivity contribution < 1.29 is 9.53 Å². The minimum Gasteiger partial charge on any atom is -0.457 e. The number of rotatable bonds is 2. The Morgan fingerprint density at radius 1 is 1.47 bits per heavy atom. The lowest BCUT2D eigenvalue weighted by Crippen LogP contribution is -2.38. The van der Waals surface area contributed by atoms with Crippen LogP contribution in [-0.4, -0.2) is 37.1 Å². The average molecular weight is 233 g/mol. The third-order valence-electron chi connectivity index (χ3n) is 3.11. The second-order valence-electron chi connectivity index (χ2n) is 4.80. The SMILES string of the molecule is Cc1cccc(C(=O)OC2CCCN(C)C2)c1. The van der Waals surface area contributed by atoms with Gasteiger partial charge in [0.1, 0.15) is 6.10 Å². The Kier molecular flexibility index (Phi) is 3.79. The van der Waals surface area contributed by atoms with E-state index in [0.29, 0.717) is 5.56 Å². The first-order valence-corrected chi connectivity index (χ1v) is 6.11. The summed E-state index contributed by atoms with van der Waals surface area (Å²) in [5.41, 5.74) is 1.73. The van der Waals surface area contributed by atoms with Crippen LogP contribution in [0.5, 0.6) is 0 Å². The topological polar surface area (TPSA) is 29.5 Å². The third kappa shape index (κ3) is 3.30. The van der Waals surface area contributed by atoms with Crippen molar-refractivity contribution in [3.05, 3.63) is 35.4 Å². The van der Waals surface area contributed by atoms with Gasteiger partial charge in [0.2, 0.25) is 0 Å². The molecule has 1 fully saturated rings. The lowest BCUT2D eigenvalue weighted by molar-refractivity contribution is 0.0108. The number of nitrogens with zero attached hydrogens (tertiary/aromatic N) is 1. The molecule has 0 saturated carbocycles. The maximum Gasteiger partial charge on any atom is 0.338 e. The zero-order valence-electron chi connectivity index (χ0n) is 10.5. The molecule has 0 N–H and O–H groups in total. The predicted octanol–water partition coefficient (Wildman–Crippen LogP) is 2.25. The van der Waals surface area contributed by atoms with Gasteiger partial charge in [-0.2, -0.15) is 0 Å². The Bertz CT molecular complexity index is 403. The summed E-state index contributed by atoms with van der Waals surface area (Å²) in [4.78, 5) is 14.1. The highest BCUT2D eigenvalue weighted by atomic mass is 16.5. The lowest BCUT2D eigenvalue weighted by Gasteiger charge is -2.29. The summed E-state index contributed by atoms with van der Waals surface area (Å²) in [7, 11) is 2.06. The van der Waals surface area contributed by atoms with Crippen molar-refractivity contribution in [2.24, 2.45) is 0 Å². The zero-order valence-corrected chi connectivity index (χ0v) is 10.5. The first-order valence-electron chi connectivity index (χ1n) is 6.11. The highest BCUT2D eigenvalue weighted by Gasteiger charge is 2.21. The van der Waals surface area contributed by atoms with Gasteiger partial charge in [-0.05, 0) is 45.5 Å². The van der Waals surface area contributed by atoms with E-state index in [1.165, 1.54) is 0 Å². The third-order valence-corrected chi connectivity index (χ3v) is 3.11. The molecule has 0 radical (unpaired) electrons. The van der Waals surface area contributed by atoms with Gasteiger partial charge < -0.3 is 9.64 Å². The summed E-state index contributed by atoms with van der Waals surface area (Å²) in [6, 6.07) is 7.54. The molecular formula is C14H19NO2. The van der Waals surface area contributed by atoms with Crippen molar-refractivity contribution in [1.29, 1.82) is 0 Å². The molecule has 1 aromatic carbocycles. The molecule has 2 rings (SSSR count). The number of hydrogen-bond acceptors (Lipinski definition) is 3. The number of carbonyl (C=O) groups excluding carboxylic acids is 1. The van der Waals surface area contributed by atoms with Gasteiger partial charge in [-0.15, -0.1) is 0 Å². The molecule has 17 heavy (non-hydrogen) atoms. The van der Waals surface area contributed by atoms with E-state index in [1.807, 2.05) is 31.2 Å². The molecule has 1 unspecified atom stereocenters. The van der Waals surface area contributed by atoms with E-state index in [-0.39, 0.29) is 12.1 Å². The first-order chi connectivity index (χ1) is 8.15. The Labute approximate surface area is 102 Å². The quantitative estimate of drug-likeness (QED) is 0.734. The highest BCUT2D eigenvalue weighted by molar-refractivity contribution is 5.89. The highest BCUT2D eigenvalue weighted by Crippen LogP contribution is 2.14. The second kappa shape index (κ2) is 5.32. The van der Waals surface area contributed by atoms with Crippen LogP contribution in [0.1, 0.15) is 28.8 Å². The van der Waals surface area contributed by atoms with Gasteiger partial charge >= 0.3 is 5.97 Å². The average Bonchev–Trinajstić information content (AvgIpc) is 2.29. The van der Waals surface area contributed by atoms with Gasteiger partial charge in [-0.3, -0.25) is 0 Å².